The maximum absolute atomic E-state index is 13.0. The topological polar surface area (TPSA) is 151 Å². The van der Waals surface area contributed by atoms with Gasteiger partial charge in [0.1, 0.15) is 0 Å². The second-order valence-corrected chi connectivity index (χ2v) is 20.2. The third kappa shape index (κ3) is 9.58. The Hall–Kier alpha value is -4.84. The monoisotopic (exact) mass is 746 g/mol. The molecule has 0 bridgehead atoms. The summed E-state index contributed by atoms with van der Waals surface area (Å²) in [5.74, 6) is -2.56. The molecule has 0 aromatic heterocycles. The van der Waals surface area contributed by atoms with Crippen molar-refractivity contribution in [2.24, 2.45) is 0 Å². The summed E-state index contributed by atoms with van der Waals surface area (Å²) in [5.41, 5.74) is 0.924. The van der Waals surface area contributed by atoms with Crippen LogP contribution in [0.2, 0.25) is 8.87 Å². The van der Waals surface area contributed by atoms with Crippen LogP contribution >= 0.6 is 0 Å². The van der Waals surface area contributed by atoms with Crippen LogP contribution in [0.1, 0.15) is 39.5 Å². The zero-order valence-corrected chi connectivity index (χ0v) is 29.2. The average Bonchev–Trinajstić information content (AvgIpc) is 3.05. The van der Waals surface area contributed by atoms with Gasteiger partial charge in [-0.2, -0.15) is 0 Å². The molecule has 4 aromatic carbocycles. The maximum atomic E-state index is 13.0. The summed E-state index contributed by atoms with van der Waals surface area (Å²) in [4.78, 5) is 51.5. The van der Waals surface area contributed by atoms with Crippen LogP contribution in [0, 0.1) is 0 Å². The van der Waals surface area contributed by atoms with Crippen LogP contribution in [-0.4, -0.2) is 53.2 Å². The first-order chi connectivity index (χ1) is 22.6. The number of fused-ring (bicyclic) bond motifs is 2. The Labute approximate surface area is 278 Å². The Morgan fingerprint density at radius 3 is 1.38 bits per heavy atom. The molecule has 4 N–H and O–H groups in total. The normalized spacial score (nSPS) is 11.6. The fourth-order valence-corrected chi connectivity index (χ4v) is 14.7. The Morgan fingerprint density at radius 2 is 0.979 bits per heavy atom. The number of phenols is 2. The van der Waals surface area contributed by atoms with E-state index in [0.717, 1.165) is 37.1 Å². The minimum atomic E-state index is -4.41. The van der Waals surface area contributed by atoms with Gasteiger partial charge in [0, 0.05) is 0 Å². The Balaban J connectivity index is 1.44. The van der Waals surface area contributed by atoms with Crippen molar-refractivity contribution in [2.45, 2.75) is 48.4 Å². The van der Waals surface area contributed by atoms with Gasteiger partial charge in [-0.25, -0.2) is 0 Å². The number of carbonyl (C=O) groups excluding carboxylic acids is 4. The van der Waals surface area contributed by atoms with E-state index >= 15 is 0 Å². The molecule has 47 heavy (non-hydrogen) atoms. The number of aromatic hydroxyl groups is 2. The Kier molecular flexibility index (Phi) is 12.4. The summed E-state index contributed by atoms with van der Waals surface area (Å²) < 4.78 is 12.7. The first kappa shape index (κ1) is 35.0. The third-order valence-electron chi connectivity index (χ3n) is 7.45. The number of unbranched alkanes of at least 4 members (excludes halogenated alkanes) is 2. The van der Waals surface area contributed by atoms with Crippen molar-refractivity contribution in [1.82, 2.24) is 0 Å². The van der Waals surface area contributed by atoms with E-state index < -0.39 is 43.0 Å². The number of benzene rings is 4. The van der Waals surface area contributed by atoms with Crippen LogP contribution in [-0.2, 0) is 25.3 Å². The summed E-state index contributed by atoms with van der Waals surface area (Å²) >= 11 is -4.41. The van der Waals surface area contributed by atoms with Gasteiger partial charge in [0.2, 0.25) is 0 Å². The van der Waals surface area contributed by atoms with Gasteiger partial charge in [0.15, 0.2) is 0 Å². The Morgan fingerprint density at radius 1 is 0.596 bits per heavy atom. The molecule has 0 unspecified atom stereocenters. The first-order valence-corrected chi connectivity index (χ1v) is 21.9. The van der Waals surface area contributed by atoms with Crippen LogP contribution in [0.25, 0.3) is 21.5 Å². The number of phenolic OH excluding ortho intramolecular Hbond substituents is 2. The van der Waals surface area contributed by atoms with E-state index in [-0.39, 0.29) is 11.5 Å². The summed E-state index contributed by atoms with van der Waals surface area (Å²) in [7, 11) is 0. The molecule has 0 aliphatic heterocycles. The molecular weight excluding hydrogens is 707 g/mol. The quantitative estimate of drug-likeness (QED) is 0.0781. The standard InChI is InChI=1S/2C14H11NO4.2C4H9.Sn/c2*16-12-6-2-3-9-10(12)4-1-5-11(9)15-13(17)7-8-14(18)19;2*1-3-4-2;/h2*1-8,16H,(H,15,17)(H,18,19);2*1,3-4H2,2H3;/q;;;;+2/p-2/b2*8-7-;;;. The predicted molar refractivity (Wildman–Crippen MR) is 184 cm³/mol. The van der Waals surface area contributed by atoms with Crippen molar-refractivity contribution in [3.8, 4) is 11.5 Å². The van der Waals surface area contributed by atoms with Crippen molar-refractivity contribution in [3.63, 3.8) is 0 Å². The molecule has 0 atom stereocenters. The number of hydrogen-bond donors (Lipinski definition) is 4. The molecule has 4 rings (SSSR count). The van der Waals surface area contributed by atoms with E-state index in [1.807, 2.05) is 13.8 Å². The van der Waals surface area contributed by atoms with E-state index in [1.165, 1.54) is 0 Å². The van der Waals surface area contributed by atoms with Gasteiger partial charge < -0.3 is 0 Å². The molecule has 0 aliphatic carbocycles. The van der Waals surface area contributed by atoms with Crippen LogP contribution in [0.5, 0.6) is 11.5 Å². The van der Waals surface area contributed by atoms with Crippen LogP contribution in [0.3, 0.4) is 0 Å². The zero-order valence-electron chi connectivity index (χ0n) is 26.3. The number of amides is 2. The van der Waals surface area contributed by atoms with Crippen molar-refractivity contribution in [1.29, 1.82) is 0 Å². The van der Waals surface area contributed by atoms with E-state index in [4.69, 9.17) is 6.15 Å². The number of hydrogen-bond acceptors (Lipinski definition) is 8. The van der Waals surface area contributed by atoms with Crippen LogP contribution in [0.4, 0.5) is 11.4 Å². The third-order valence-corrected chi connectivity index (χ3v) is 17.1. The number of anilines is 2. The molecule has 0 spiro atoms. The second kappa shape index (κ2) is 16.6. The van der Waals surface area contributed by atoms with Gasteiger partial charge in [0.25, 0.3) is 0 Å². The average molecular weight is 745 g/mol. The second-order valence-electron chi connectivity index (χ2n) is 11.0. The number of rotatable bonds is 14. The molecule has 244 valence electrons. The predicted octanol–water partition coefficient (Wildman–Crippen LogP) is 7.22. The molecule has 0 saturated carbocycles. The zero-order chi connectivity index (χ0) is 33.8. The molecule has 4 aromatic rings. The molecule has 2 amide bonds. The molecule has 10 nitrogen and oxygen atoms in total. The van der Waals surface area contributed by atoms with Crippen molar-refractivity contribution in [3.05, 3.63) is 97.1 Å². The Bertz CT molecular complexity index is 1700. The van der Waals surface area contributed by atoms with E-state index in [1.54, 1.807) is 72.8 Å². The first-order valence-electron chi connectivity index (χ1n) is 15.5. The summed E-state index contributed by atoms with van der Waals surface area (Å²) in [5, 5.41) is 28.1. The van der Waals surface area contributed by atoms with E-state index in [9.17, 15) is 29.4 Å². The SMILES string of the molecule is CCC[CH2][Sn]([CH2]CCC)([O]C(=O)/C=C\C(=O)Nc1cccc2c(O)cccc12)[O]C(=O)/C=C\C(=O)Nc1cccc2c(O)cccc12. The van der Waals surface area contributed by atoms with Crippen molar-refractivity contribution >= 4 is 75.9 Å². The summed E-state index contributed by atoms with van der Waals surface area (Å²) in [6.45, 7) is 3.96. The molecule has 0 fully saturated rings. The van der Waals surface area contributed by atoms with Crippen LogP contribution in [0.15, 0.2) is 97.1 Å². The molecule has 11 heteroatoms. The van der Waals surface area contributed by atoms with E-state index in [2.05, 4.69) is 10.6 Å². The van der Waals surface area contributed by atoms with E-state index in [0.29, 0.717) is 54.6 Å². The van der Waals surface area contributed by atoms with Gasteiger partial charge in [-0.05, 0) is 0 Å². The molecule has 0 radical (unpaired) electrons. The summed E-state index contributed by atoms with van der Waals surface area (Å²) in [6, 6.07) is 20.2. The summed E-state index contributed by atoms with van der Waals surface area (Å²) in [6.07, 6.45) is 7.07. The van der Waals surface area contributed by atoms with Gasteiger partial charge >= 0.3 is 279 Å². The molecule has 0 aliphatic rings. The molecule has 0 saturated heterocycles. The van der Waals surface area contributed by atoms with Gasteiger partial charge in [0.05, 0.1) is 0 Å². The van der Waals surface area contributed by atoms with Crippen molar-refractivity contribution < 1.29 is 35.5 Å². The number of carbonyl (C=O) groups is 4. The number of nitrogens with one attached hydrogen (secondary N) is 2. The fraction of sp³-hybridized carbons (Fsp3) is 0.222. The fourth-order valence-electron chi connectivity index (χ4n) is 5.12. The molecule has 0 heterocycles. The van der Waals surface area contributed by atoms with Gasteiger partial charge in [-0.15, -0.1) is 0 Å². The van der Waals surface area contributed by atoms with Crippen LogP contribution < -0.4 is 10.6 Å². The van der Waals surface area contributed by atoms with Gasteiger partial charge in [-0.3, -0.25) is 0 Å². The van der Waals surface area contributed by atoms with Gasteiger partial charge in [-0.1, -0.05) is 0 Å². The minimum absolute atomic E-state index is 0.0803. The molecular formula is C36H38N2O8Sn. The van der Waals surface area contributed by atoms with Crippen molar-refractivity contribution in [2.75, 3.05) is 10.6 Å².